The second-order valence-corrected chi connectivity index (χ2v) is 6.28. The quantitative estimate of drug-likeness (QED) is 0.851. The Morgan fingerprint density at radius 1 is 1.17 bits per heavy atom. The molecule has 2 aliphatic rings. The zero-order chi connectivity index (χ0) is 12.2. The topological polar surface area (TPSA) is 56.8 Å². The standard InChI is InChI=1S/C12H21N5S/c1-2-9-18-10(4-1)11-14-12(16-15-11)17-7-3-5-13-6-8-17/h10,13H,1-9H2,(H,14,15,16). The van der Waals surface area contributed by atoms with Crippen LogP contribution >= 0.6 is 11.8 Å². The fourth-order valence-corrected chi connectivity index (χ4v) is 3.80. The Kier molecular flexibility index (Phi) is 4.05. The highest BCUT2D eigenvalue weighted by atomic mass is 32.2. The number of rotatable bonds is 2. The molecule has 1 aromatic heterocycles. The smallest absolute Gasteiger partial charge is 0.244 e. The molecule has 1 unspecified atom stereocenters. The molecule has 2 aliphatic heterocycles. The monoisotopic (exact) mass is 267 g/mol. The molecule has 0 aromatic carbocycles. The predicted molar refractivity (Wildman–Crippen MR) is 75.1 cm³/mol. The number of thioether (sulfide) groups is 1. The van der Waals surface area contributed by atoms with Crippen LogP contribution in [0.3, 0.4) is 0 Å². The van der Waals surface area contributed by atoms with Gasteiger partial charge in [-0.05, 0) is 31.6 Å². The molecular weight excluding hydrogens is 246 g/mol. The number of anilines is 1. The van der Waals surface area contributed by atoms with E-state index in [2.05, 4.69) is 20.4 Å². The Labute approximate surface area is 112 Å². The molecule has 3 heterocycles. The first-order valence-corrected chi connectivity index (χ1v) is 7.98. The summed E-state index contributed by atoms with van der Waals surface area (Å²) in [5.74, 6) is 3.22. The summed E-state index contributed by atoms with van der Waals surface area (Å²) in [5.41, 5.74) is 0. The lowest BCUT2D eigenvalue weighted by atomic mass is 10.2. The van der Waals surface area contributed by atoms with Gasteiger partial charge in [-0.25, -0.2) is 0 Å². The van der Waals surface area contributed by atoms with Crippen LogP contribution in [0, 0.1) is 0 Å². The third-order valence-corrected chi connectivity index (χ3v) is 4.98. The Bertz CT molecular complexity index is 366. The van der Waals surface area contributed by atoms with E-state index in [0.29, 0.717) is 5.25 Å². The molecule has 0 saturated carbocycles. The van der Waals surface area contributed by atoms with Gasteiger partial charge < -0.3 is 10.2 Å². The van der Waals surface area contributed by atoms with Gasteiger partial charge in [0.25, 0.3) is 0 Å². The van der Waals surface area contributed by atoms with Gasteiger partial charge in [0.05, 0.1) is 5.25 Å². The van der Waals surface area contributed by atoms with Crippen molar-refractivity contribution < 1.29 is 0 Å². The predicted octanol–water partition coefficient (Wildman–Crippen LogP) is 1.56. The maximum absolute atomic E-state index is 4.71. The Morgan fingerprint density at radius 3 is 3.06 bits per heavy atom. The second kappa shape index (κ2) is 5.93. The minimum atomic E-state index is 0.533. The minimum Gasteiger partial charge on any atom is -0.338 e. The van der Waals surface area contributed by atoms with Crippen molar-refractivity contribution in [3.63, 3.8) is 0 Å². The van der Waals surface area contributed by atoms with Crippen molar-refractivity contribution in [3.05, 3.63) is 5.82 Å². The zero-order valence-electron chi connectivity index (χ0n) is 10.7. The lowest BCUT2D eigenvalue weighted by molar-refractivity contribution is 0.664. The van der Waals surface area contributed by atoms with Gasteiger partial charge in [-0.1, -0.05) is 6.42 Å². The number of H-pyrrole nitrogens is 1. The minimum absolute atomic E-state index is 0.533. The van der Waals surface area contributed by atoms with Crippen molar-refractivity contribution in [2.45, 2.75) is 30.9 Å². The van der Waals surface area contributed by atoms with Crippen molar-refractivity contribution in [3.8, 4) is 0 Å². The summed E-state index contributed by atoms with van der Waals surface area (Å²) >= 11 is 2.02. The van der Waals surface area contributed by atoms with Crippen molar-refractivity contribution in [2.75, 3.05) is 36.8 Å². The van der Waals surface area contributed by atoms with E-state index in [0.717, 1.165) is 38.0 Å². The average Bonchev–Trinajstić information content (AvgIpc) is 2.76. The molecule has 2 N–H and O–H groups in total. The fourth-order valence-electron chi connectivity index (χ4n) is 2.55. The van der Waals surface area contributed by atoms with Crippen LogP contribution in [-0.4, -0.2) is 47.1 Å². The molecule has 0 amide bonds. The molecule has 100 valence electrons. The van der Waals surface area contributed by atoms with Gasteiger partial charge in [-0.2, -0.15) is 16.7 Å². The van der Waals surface area contributed by atoms with Gasteiger partial charge in [0.2, 0.25) is 5.95 Å². The fraction of sp³-hybridized carbons (Fsp3) is 0.833. The van der Waals surface area contributed by atoms with Gasteiger partial charge in [0, 0.05) is 19.6 Å². The van der Waals surface area contributed by atoms with Gasteiger partial charge in [0.15, 0.2) is 0 Å². The van der Waals surface area contributed by atoms with Crippen molar-refractivity contribution >= 4 is 17.7 Å². The number of nitrogens with one attached hydrogen (secondary N) is 2. The lowest BCUT2D eigenvalue weighted by Gasteiger charge is -2.19. The summed E-state index contributed by atoms with van der Waals surface area (Å²) in [4.78, 5) is 7.00. The first-order valence-electron chi connectivity index (χ1n) is 6.93. The molecule has 0 radical (unpaired) electrons. The highest BCUT2D eigenvalue weighted by Gasteiger charge is 2.21. The molecular formula is C12H21N5S. The van der Waals surface area contributed by atoms with E-state index >= 15 is 0 Å². The summed E-state index contributed by atoms with van der Waals surface area (Å²) in [7, 11) is 0. The molecule has 0 spiro atoms. The molecule has 2 fully saturated rings. The van der Waals surface area contributed by atoms with Gasteiger partial charge in [-0.3, -0.25) is 5.10 Å². The largest absolute Gasteiger partial charge is 0.338 e. The molecule has 1 aromatic rings. The third-order valence-electron chi connectivity index (χ3n) is 3.60. The van der Waals surface area contributed by atoms with Crippen LogP contribution in [0.25, 0.3) is 0 Å². The summed E-state index contributed by atoms with van der Waals surface area (Å²) in [6, 6.07) is 0. The number of aromatic nitrogens is 3. The van der Waals surface area contributed by atoms with Crippen LogP contribution in [-0.2, 0) is 0 Å². The molecule has 2 saturated heterocycles. The van der Waals surface area contributed by atoms with Crippen molar-refractivity contribution in [2.24, 2.45) is 0 Å². The summed E-state index contributed by atoms with van der Waals surface area (Å²) in [6.07, 6.45) is 5.07. The molecule has 18 heavy (non-hydrogen) atoms. The first kappa shape index (κ1) is 12.3. The van der Waals surface area contributed by atoms with Gasteiger partial charge >= 0.3 is 0 Å². The van der Waals surface area contributed by atoms with Crippen LogP contribution in [0.1, 0.15) is 36.8 Å². The van der Waals surface area contributed by atoms with Crippen LogP contribution < -0.4 is 10.2 Å². The van der Waals surface area contributed by atoms with Gasteiger partial charge in [-0.15, -0.1) is 5.10 Å². The first-order chi connectivity index (χ1) is 8.93. The van der Waals surface area contributed by atoms with E-state index in [1.807, 2.05) is 11.8 Å². The number of aromatic amines is 1. The van der Waals surface area contributed by atoms with Gasteiger partial charge in [0.1, 0.15) is 5.82 Å². The Balaban J connectivity index is 1.67. The van der Waals surface area contributed by atoms with Crippen LogP contribution in [0.4, 0.5) is 5.95 Å². The normalized spacial score (nSPS) is 26.0. The van der Waals surface area contributed by atoms with E-state index in [9.17, 15) is 0 Å². The highest BCUT2D eigenvalue weighted by molar-refractivity contribution is 7.99. The van der Waals surface area contributed by atoms with Crippen LogP contribution in [0.2, 0.25) is 0 Å². The third kappa shape index (κ3) is 2.80. The number of hydrogen-bond donors (Lipinski definition) is 2. The molecule has 0 aliphatic carbocycles. The second-order valence-electron chi connectivity index (χ2n) is 4.97. The summed E-state index contributed by atoms with van der Waals surface area (Å²) in [5, 5.41) is 11.5. The Hall–Kier alpha value is -0.750. The van der Waals surface area contributed by atoms with E-state index < -0.39 is 0 Å². The number of nitrogens with zero attached hydrogens (tertiary/aromatic N) is 3. The van der Waals surface area contributed by atoms with E-state index in [1.165, 1.54) is 31.4 Å². The van der Waals surface area contributed by atoms with Crippen molar-refractivity contribution in [1.82, 2.24) is 20.5 Å². The maximum atomic E-state index is 4.71. The zero-order valence-corrected chi connectivity index (χ0v) is 11.5. The van der Waals surface area contributed by atoms with Crippen molar-refractivity contribution in [1.29, 1.82) is 0 Å². The highest BCUT2D eigenvalue weighted by Crippen LogP contribution is 2.36. The molecule has 5 nitrogen and oxygen atoms in total. The van der Waals surface area contributed by atoms with Crippen LogP contribution in [0.5, 0.6) is 0 Å². The molecule has 1 atom stereocenters. The molecule has 3 rings (SSSR count). The lowest BCUT2D eigenvalue weighted by Crippen LogP contribution is -2.28. The average molecular weight is 267 g/mol. The number of hydrogen-bond acceptors (Lipinski definition) is 5. The van der Waals surface area contributed by atoms with Crippen LogP contribution in [0.15, 0.2) is 0 Å². The Morgan fingerprint density at radius 2 is 2.17 bits per heavy atom. The van der Waals surface area contributed by atoms with E-state index in [-0.39, 0.29) is 0 Å². The molecule has 0 bridgehead atoms. The molecule has 6 heteroatoms. The summed E-state index contributed by atoms with van der Waals surface area (Å²) in [6.45, 7) is 4.20. The maximum Gasteiger partial charge on any atom is 0.244 e. The van der Waals surface area contributed by atoms with E-state index in [1.54, 1.807) is 0 Å². The summed E-state index contributed by atoms with van der Waals surface area (Å²) < 4.78 is 0. The SMILES string of the molecule is C1CCC(c2nc(N3CCCNCC3)n[nH]2)SC1. The van der Waals surface area contributed by atoms with E-state index in [4.69, 9.17) is 4.98 Å².